The molecule has 0 saturated carbocycles. The second-order valence-corrected chi connectivity index (χ2v) is 25.2. The number of hydrogen-bond donors (Lipinski definition) is 3. The Morgan fingerprint density at radius 2 is 0.600 bits per heavy atom. The van der Waals surface area contributed by atoms with Gasteiger partial charge in [0.05, 0.1) is 26.4 Å². The predicted octanol–water partition coefficient (Wildman–Crippen LogP) is 16.6. The summed E-state index contributed by atoms with van der Waals surface area (Å²) in [4.78, 5) is 71.7. The molecule has 0 aliphatic carbocycles. The molecule has 0 aromatic carbocycles. The Bertz CT molecular complexity index is 1570. The average Bonchev–Trinajstić information content (AvgIpc) is 3.43. The van der Waals surface area contributed by atoms with Crippen molar-refractivity contribution in [2.75, 3.05) is 39.6 Å². The number of carbonyl (C=O) groups excluding carboxylic acids is 4. The number of esters is 4. The highest BCUT2D eigenvalue weighted by Crippen LogP contribution is 2.45. The summed E-state index contributed by atoms with van der Waals surface area (Å²) in [5.74, 6) is -1.30. The number of hydrogen-bond acceptors (Lipinski definition) is 15. The summed E-state index contributed by atoms with van der Waals surface area (Å²) in [6, 6.07) is 0. The monoisotopic (exact) mass is 1180 g/mol. The number of carbonyl (C=O) groups is 4. The molecule has 3 unspecified atom stereocenters. The predicted molar refractivity (Wildman–Crippen MR) is 317 cm³/mol. The van der Waals surface area contributed by atoms with E-state index in [0.29, 0.717) is 25.7 Å². The molecule has 0 spiro atoms. The van der Waals surface area contributed by atoms with Gasteiger partial charge in [0, 0.05) is 25.7 Å². The topological polar surface area (TPSA) is 237 Å². The Labute approximate surface area is 486 Å². The lowest BCUT2D eigenvalue weighted by atomic mass is 9.99. The standard InChI is InChI=1S/C61H118O17P2/c1-6-10-13-16-19-31-35-40-45-59(64)72-51-57(78-61(66)47-42-37-32-27-25-23-21-20-22-24-26-30-33-38-43-54(5)9-4)53-76-80(69,70)74-49-55(62)48-73-79(67,68)75-52-56(77-60(65)46-41-36-29-18-15-12-8-3)50-71-58(63)44-39-34-28-17-14-11-7-2/h54-57,62H,6-53H2,1-5H3,(H,67,68)(H,69,70)/t54?,55-,56+,57+/m0/s1. The van der Waals surface area contributed by atoms with Gasteiger partial charge in [0.2, 0.25) is 0 Å². The Morgan fingerprint density at radius 3 is 0.887 bits per heavy atom. The lowest BCUT2D eigenvalue weighted by molar-refractivity contribution is -0.161. The van der Waals surface area contributed by atoms with Crippen LogP contribution in [0.15, 0.2) is 0 Å². The number of rotatable bonds is 61. The maximum Gasteiger partial charge on any atom is 0.472 e. The van der Waals surface area contributed by atoms with Crippen LogP contribution in [0.3, 0.4) is 0 Å². The van der Waals surface area contributed by atoms with E-state index < -0.39 is 97.5 Å². The number of aliphatic hydroxyl groups excluding tert-OH is 1. The Kier molecular flexibility index (Phi) is 53.6. The van der Waals surface area contributed by atoms with Gasteiger partial charge < -0.3 is 33.8 Å². The first-order valence-corrected chi connectivity index (χ1v) is 35.2. The van der Waals surface area contributed by atoms with E-state index in [9.17, 15) is 43.2 Å². The fourth-order valence-corrected chi connectivity index (χ4v) is 10.6. The van der Waals surface area contributed by atoms with Crippen molar-refractivity contribution >= 4 is 39.5 Å². The molecule has 0 saturated heterocycles. The summed E-state index contributed by atoms with van der Waals surface area (Å²) < 4.78 is 67.6. The highest BCUT2D eigenvalue weighted by atomic mass is 31.2. The summed E-state index contributed by atoms with van der Waals surface area (Å²) in [7, 11) is -9.87. The van der Waals surface area contributed by atoms with E-state index in [4.69, 9.17) is 37.0 Å². The quantitative estimate of drug-likeness (QED) is 0.0222. The van der Waals surface area contributed by atoms with Gasteiger partial charge >= 0.3 is 39.5 Å². The summed E-state index contributed by atoms with van der Waals surface area (Å²) in [6.07, 6.45) is 37.9. The molecule has 0 amide bonds. The molecule has 17 nitrogen and oxygen atoms in total. The van der Waals surface area contributed by atoms with E-state index in [2.05, 4.69) is 34.6 Å². The average molecular weight is 1190 g/mol. The van der Waals surface area contributed by atoms with Crippen molar-refractivity contribution in [2.24, 2.45) is 5.92 Å². The Morgan fingerprint density at radius 1 is 0.350 bits per heavy atom. The summed E-state index contributed by atoms with van der Waals surface area (Å²) in [5, 5.41) is 10.5. The SMILES string of the molecule is CCCCCCCCCCC(=O)OC[C@H](COP(=O)(O)OC[C@@H](O)COP(=O)(O)OC[C@@H](COC(=O)CCCCCCCCC)OC(=O)CCCCCCCCC)OC(=O)CCCCCCCCCCCCCCCCC(C)CC. The first-order valence-electron chi connectivity index (χ1n) is 32.2. The third-order valence-electron chi connectivity index (χ3n) is 14.4. The maximum atomic E-state index is 12.9. The van der Waals surface area contributed by atoms with Crippen LogP contribution in [0.25, 0.3) is 0 Å². The van der Waals surface area contributed by atoms with E-state index in [1.807, 2.05) is 0 Å². The van der Waals surface area contributed by atoms with Crippen LogP contribution in [0.2, 0.25) is 0 Å². The van der Waals surface area contributed by atoms with Crippen molar-refractivity contribution < 1.29 is 80.2 Å². The smallest absolute Gasteiger partial charge is 0.462 e. The molecule has 6 atom stereocenters. The number of ether oxygens (including phenoxy) is 4. The number of aliphatic hydroxyl groups is 1. The Balaban J connectivity index is 5.10. The van der Waals surface area contributed by atoms with Gasteiger partial charge in [0.25, 0.3) is 0 Å². The summed E-state index contributed by atoms with van der Waals surface area (Å²) in [5.41, 5.74) is 0. The van der Waals surface area contributed by atoms with E-state index in [-0.39, 0.29) is 25.7 Å². The van der Waals surface area contributed by atoms with Gasteiger partial charge in [-0.2, -0.15) is 0 Å². The van der Waals surface area contributed by atoms with Gasteiger partial charge in [0.15, 0.2) is 12.2 Å². The van der Waals surface area contributed by atoms with Gasteiger partial charge in [-0.05, 0) is 31.6 Å². The first kappa shape index (κ1) is 78.1. The highest BCUT2D eigenvalue weighted by Gasteiger charge is 2.30. The number of unbranched alkanes of at least 4 members (excludes halogenated alkanes) is 32. The fraction of sp³-hybridized carbons (Fsp3) is 0.934. The number of phosphoric acid groups is 2. The van der Waals surface area contributed by atoms with Gasteiger partial charge in [-0.1, -0.05) is 253 Å². The van der Waals surface area contributed by atoms with Crippen molar-refractivity contribution in [3.8, 4) is 0 Å². The zero-order valence-electron chi connectivity index (χ0n) is 51.2. The normalized spacial score (nSPS) is 14.7. The van der Waals surface area contributed by atoms with Gasteiger partial charge in [-0.15, -0.1) is 0 Å². The zero-order chi connectivity index (χ0) is 59.2. The lowest BCUT2D eigenvalue weighted by Crippen LogP contribution is -2.30. The van der Waals surface area contributed by atoms with Gasteiger partial charge in [-0.25, -0.2) is 9.13 Å². The molecule has 3 N–H and O–H groups in total. The van der Waals surface area contributed by atoms with Gasteiger partial charge in [0.1, 0.15) is 19.3 Å². The molecule has 0 rings (SSSR count). The van der Waals surface area contributed by atoms with Crippen molar-refractivity contribution in [2.45, 2.75) is 323 Å². The second kappa shape index (κ2) is 55.0. The van der Waals surface area contributed by atoms with Crippen molar-refractivity contribution in [3.05, 3.63) is 0 Å². The van der Waals surface area contributed by atoms with Crippen molar-refractivity contribution in [1.82, 2.24) is 0 Å². The molecule has 0 fully saturated rings. The molecule has 0 aromatic heterocycles. The molecule has 0 radical (unpaired) electrons. The van der Waals surface area contributed by atoms with Crippen LogP contribution in [0.4, 0.5) is 0 Å². The van der Waals surface area contributed by atoms with Crippen LogP contribution in [-0.2, 0) is 65.4 Å². The minimum absolute atomic E-state index is 0.103. The van der Waals surface area contributed by atoms with Crippen LogP contribution in [-0.4, -0.2) is 96.7 Å². The molecule has 80 heavy (non-hydrogen) atoms. The molecular formula is C61H118O17P2. The third kappa shape index (κ3) is 54.0. The summed E-state index contributed by atoms with van der Waals surface area (Å²) in [6.45, 7) is 7.12. The molecule has 0 aliphatic heterocycles. The molecule has 19 heteroatoms. The van der Waals surface area contributed by atoms with E-state index in [0.717, 1.165) is 128 Å². The highest BCUT2D eigenvalue weighted by molar-refractivity contribution is 7.47. The molecule has 474 valence electrons. The van der Waals surface area contributed by atoms with Crippen LogP contribution < -0.4 is 0 Å². The third-order valence-corrected chi connectivity index (χ3v) is 16.3. The molecule has 0 aromatic rings. The first-order chi connectivity index (χ1) is 38.6. The van der Waals surface area contributed by atoms with E-state index in [1.54, 1.807) is 0 Å². The molecule has 0 bridgehead atoms. The minimum Gasteiger partial charge on any atom is -0.462 e. The molecule has 0 heterocycles. The van der Waals surface area contributed by atoms with E-state index in [1.165, 1.54) is 96.3 Å². The van der Waals surface area contributed by atoms with E-state index >= 15 is 0 Å². The second-order valence-electron chi connectivity index (χ2n) is 22.3. The van der Waals surface area contributed by atoms with Crippen molar-refractivity contribution in [1.29, 1.82) is 0 Å². The number of phosphoric ester groups is 2. The Hall–Kier alpha value is -1.94. The fourth-order valence-electron chi connectivity index (χ4n) is 9.02. The minimum atomic E-state index is -4.94. The van der Waals surface area contributed by atoms with Gasteiger partial charge in [-0.3, -0.25) is 37.3 Å². The molecule has 0 aliphatic rings. The maximum absolute atomic E-state index is 12.9. The largest absolute Gasteiger partial charge is 0.472 e. The van der Waals surface area contributed by atoms with Crippen LogP contribution in [0, 0.1) is 5.92 Å². The van der Waals surface area contributed by atoms with Crippen LogP contribution in [0.1, 0.15) is 304 Å². The zero-order valence-corrected chi connectivity index (χ0v) is 53.0. The lowest BCUT2D eigenvalue weighted by Gasteiger charge is -2.21. The molecular weight excluding hydrogens is 1070 g/mol. The van der Waals surface area contributed by atoms with Crippen LogP contribution in [0.5, 0.6) is 0 Å². The summed E-state index contributed by atoms with van der Waals surface area (Å²) >= 11 is 0. The van der Waals surface area contributed by atoms with Crippen molar-refractivity contribution in [3.63, 3.8) is 0 Å². The van der Waals surface area contributed by atoms with Crippen LogP contribution >= 0.6 is 15.6 Å².